The Morgan fingerprint density at radius 1 is 1.38 bits per heavy atom. The minimum atomic E-state index is -3.64. The number of aryl methyl sites for hydroxylation is 2. The van der Waals surface area contributed by atoms with Gasteiger partial charge in [0.25, 0.3) is 0 Å². The van der Waals surface area contributed by atoms with Crippen molar-refractivity contribution in [3.63, 3.8) is 0 Å². The first kappa shape index (κ1) is 16.4. The highest BCUT2D eigenvalue weighted by atomic mass is 32.2. The van der Waals surface area contributed by atoms with Crippen molar-refractivity contribution in [3.05, 3.63) is 11.4 Å². The SMILES string of the molecule is Cc1n[nH]c(C)c1S(=O)(=O)N(CCO)C1CCN(C)CC1. The van der Waals surface area contributed by atoms with Gasteiger partial charge in [0.1, 0.15) is 4.90 Å². The number of aliphatic hydroxyl groups excluding tert-OH is 1. The summed E-state index contributed by atoms with van der Waals surface area (Å²) >= 11 is 0. The fourth-order valence-corrected chi connectivity index (χ4v) is 4.93. The van der Waals surface area contributed by atoms with Gasteiger partial charge in [0, 0.05) is 12.6 Å². The van der Waals surface area contributed by atoms with Crippen LogP contribution < -0.4 is 0 Å². The third-order valence-corrected chi connectivity index (χ3v) is 6.26. The molecular formula is C13H24N4O3S. The lowest BCUT2D eigenvalue weighted by molar-refractivity contribution is 0.161. The van der Waals surface area contributed by atoms with E-state index in [1.165, 1.54) is 4.31 Å². The van der Waals surface area contributed by atoms with Crippen molar-refractivity contribution in [1.29, 1.82) is 0 Å². The molecule has 1 saturated heterocycles. The number of aromatic amines is 1. The Morgan fingerprint density at radius 2 is 2.00 bits per heavy atom. The lowest BCUT2D eigenvalue weighted by Crippen LogP contribution is -2.47. The van der Waals surface area contributed by atoms with Crippen LogP contribution in [0.3, 0.4) is 0 Å². The molecule has 1 fully saturated rings. The number of H-pyrrole nitrogens is 1. The molecule has 0 bridgehead atoms. The Balaban J connectivity index is 2.33. The van der Waals surface area contributed by atoms with Gasteiger partial charge in [-0.25, -0.2) is 8.42 Å². The molecule has 7 nitrogen and oxygen atoms in total. The molecule has 0 aliphatic carbocycles. The Bertz CT molecular complexity index is 557. The summed E-state index contributed by atoms with van der Waals surface area (Å²) < 4.78 is 27.3. The summed E-state index contributed by atoms with van der Waals surface area (Å²) in [6.07, 6.45) is 1.57. The largest absolute Gasteiger partial charge is 0.395 e. The highest BCUT2D eigenvalue weighted by Crippen LogP contribution is 2.26. The number of aromatic nitrogens is 2. The van der Waals surface area contributed by atoms with E-state index in [0.29, 0.717) is 11.4 Å². The van der Waals surface area contributed by atoms with E-state index in [0.717, 1.165) is 25.9 Å². The molecule has 0 spiro atoms. The summed E-state index contributed by atoms with van der Waals surface area (Å²) in [5, 5.41) is 16.0. The van der Waals surface area contributed by atoms with E-state index >= 15 is 0 Å². The number of nitrogens with one attached hydrogen (secondary N) is 1. The van der Waals surface area contributed by atoms with Crippen LogP contribution in [-0.4, -0.2) is 72.3 Å². The second-order valence-corrected chi connectivity index (χ2v) is 7.46. The molecule has 1 aliphatic heterocycles. The molecule has 0 amide bonds. The van der Waals surface area contributed by atoms with Crippen molar-refractivity contribution in [3.8, 4) is 0 Å². The minimum absolute atomic E-state index is 0.0629. The van der Waals surface area contributed by atoms with Crippen LogP contribution in [-0.2, 0) is 10.0 Å². The van der Waals surface area contributed by atoms with Gasteiger partial charge in [0.15, 0.2) is 0 Å². The van der Waals surface area contributed by atoms with Crippen LogP contribution in [0.15, 0.2) is 4.90 Å². The molecule has 2 rings (SSSR count). The number of aliphatic hydroxyl groups is 1. The van der Waals surface area contributed by atoms with E-state index in [-0.39, 0.29) is 24.1 Å². The van der Waals surface area contributed by atoms with E-state index in [4.69, 9.17) is 0 Å². The van der Waals surface area contributed by atoms with Gasteiger partial charge in [0.05, 0.1) is 18.0 Å². The topological polar surface area (TPSA) is 89.5 Å². The fourth-order valence-electron chi connectivity index (χ4n) is 2.92. The molecule has 2 N–H and O–H groups in total. The third kappa shape index (κ3) is 3.28. The second kappa shape index (κ2) is 6.43. The average molecular weight is 316 g/mol. The predicted molar refractivity (Wildman–Crippen MR) is 79.6 cm³/mol. The number of hydrogen-bond donors (Lipinski definition) is 2. The average Bonchev–Trinajstić information content (AvgIpc) is 2.77. The predicted octanol–water partition coefficient (Wildman–Crippen LogP) is 0.104. The maximum absolute atomic E-state index is 12.9. The number of likely N-dealkylation sites (tertiary alicyclic amines) is 1. The van der Waals surface area contributed by atoms with Gasteiger partial charge in [-0.2, -0.15) is 9.40 Å². The first-order valence-electron chi connectivity index (χ1n) is 7.20. The molecule has 8 heteroatoms. The molecule has 0 unspecified atom stereocenters. The Hall–Kier alpha value is -0.960. The molecule has 0 saturated carbocycles. The molecule has 1 aromatic rings. The Labute approximate surface area is 126 Å². The molecule has 1 aliphatic rings. The zero-order valence-electron chi connectivity index (χ0n) is 12.8. The summed E-state index contributed by atoms with van der Waals surface area (Å²) in [7, 11) is -1.60. The number of hydrogen-bond acceptors (Lipinski definition) is 5. The zero-order chi connectivity index (χ0) is 15.6. The summed E-state index contributed by atoms with van der Waals surface area (Å²) in [5.74, 6) is 0. The van der Waals surface area contributed by atoms with Crippen molar-refractivity contribution in [2.75, 3.05) is 33.3 Å². The quantitative estimate of drug-likeness (QED) is 0.804. The van der Waals surface area contributed by atoms with Gasteiger partial charge in [0.2, 0.25) is 10.0 Å². The molecule has 1 aromatic heterocycles. The standard InChI is InChI=1S/C13H24N4O3S/c1-10-13(11(2)15-14-10)21(19,20)17(8-9-18)12-4-6-16(3)7-5-12/h12,18H,4-9H2,1-3H3,(H,14,15). The fraction of sp³-hybridized carbons (Fsp3) is 0.769. The number of piperidine rings is 1. The van der Waals surface area contributed by atoms with Crippen molar-refractivity contribution in [1.82, 2.24) is 19.4 Å². The minimum Gasteiger partial charge on any atom is -0.395 e. The van der Waals surface area contributed by atoms with Crippen LogP contribution in [0.5, 0.6) is 0 Å². The Kier molecular flexibility index (Phi) is 5.03. The molecule has 0 radical (unpaired) electrons. The highest BCUT2D eigenvalue weighted by molar-refractivity contribution is 7.89. The van der Waals surface area contributed by atoms with Gasteiger partial charge in [-0.15, -0.1) is 0 Å². The summed E-state index contributed by atoms with van der Waals surface area (Å²) in [4.78, 5) is 2.43. The summed E-state index contributed by atoms with van der Waals surface area (Å²) in [6, 6.07) is -0.0629. The molecular weight excluding hydrogens is 292 g/mol. The monoisotopic (exact) mass is 316 g/mol. The first-order valence-corrected chi connectivity index (χ1v) is 8.64. The third-order valence-electron chi connectivity index (χ3n) is 4.04. The smallest absolute Gasteiger partial charge is 0.247 e. The number of rotatable bonds is 5. The van der Waals surface area contributed by atoms with Crippen LogP contribution in [0.25, 0.3) is 0 Å². The van der Waals surface area contributed by atoms with E-state index < -0.39 is 10.0 Å². The van der Waals surface area contributed by atoms with Crippen molar-refractivity contribution in [2.45, 2.75) is 37.6 Å². The van der Waals surface area contributed by atoms with Gasteiger partial charge >= 0.3 is 0 Å². The molecule has 0 aromatic carbocycles. The lowest BCUT2D eigenvalue weighted by Gasteiger charge is -2.36. The van der Waals surface area contributed by atoms with Crippen LogP contribution >= 0.6 is 0 Å². The van der Waals surface area contributed by atoms with Crippen LogP contribution in [0.2, 0.25) is 0 Å². The van der Waals surface area contributed by atoms with E-state index in [2.05, 4.69) is 15.1 Å². The van der Waals surface area contributed by atoms with E-state index in [9.17, 15) is 13.5 Å². The van der Waals surface area contributed by atoms with Gasteiger partial charge in [-0.05, 0) is 46.8 Å². The Morgan fingerprint density at radius 3 is 2.48 bits per heavy atom. The van der Waals surface area contributed by atoms with Crippen LogP contribution in [0.1, 0.15) is 24.2 Å². The van der Waals surface area contributed by atoms with Crippen molar-refractivity contribution < 1.29 is 13.5 Å². The molecule has 21 heavy (non-hydrogen) atoms. The van der Waals surface area contributed by atoms with Crippen LogP contribution in [0, 0.1) is 13.8 Å². The second-order valence-electron chi connectivity index (χ2n) is 5.64. The van der Waals surface area contributed by atoms with Crippen LogP contribution in [0.4, 0.5) is 0 Å². The summed E-state index contributed by atoms with van der Waals surface area (Å²) in [5.41, 5.74) is 1.02. The maximum atomic E-state index is 12.9. The molecule has 120 valence electrons. The number of sulfonamides is 1. The normalized spacial score (nSPS) is 18.5. The van der Waals surface area contributed by atoms with Crippen molar-refractivity contribution in [2.24, 2.45) is 0 Å². The van der Waals surface area contributed by atoms with Gasteiger partial charge in [-0.1, -0.05) is 0 Å². The number of nitrogens with zero attached hydrogens (tertiary/aromatic N) is 3. The van der Waals surface area contributed by atoms with E-state index in [1.807, 2.05) is 7.05 Å². The van der Waals surface area contributed by atoms with Crippen molar-refractivity contribution >= 4 is 10.0 Å². The zero-order valence-corrected chi connectivity index (χ0v) is 13.7. The summed E-state index contributed by atoms with van der Waals surface area (Å²) in [6.45, 7) is 5.07. The van der Waals surface area contributed by atoms with Gasteiger partial charge < -0.3 is 10.0 Å². The molecule has 0 atom stereocenters. The highest BCUT2D eigenvalue weighted by Gasteiger charge is 2.35. The molecule has 2 heterocycles. The maximum Gasteiger partial charge on any atom is 0.247 e. The van der Waals surface area contributed by atoms with E-state index in [1.54, 1.807) is 13.8 Å². The lowest BCUT2D eigenvalue weighted by atomic mass is 10.1. The first-order chi connectivity index (χ1) is 9.87. The van der Waals surface area contributed by atoms with Gasteiger partial charge in [-0.3, -0.25) is 5.10 Å².